The molecule has 2 saturated carbocycles. The normalized spacial score (nSPS) is 24.9. The number of aliphatic hydroxyl groups excluding tert-OH is 1. The highest BCUT2D eigenvalue weighted by Crippen LogP contribution is 2.54. The third kappa shape index (κ3) is 4.04. The molecule has 1 aromatic rings. The van der Waals surface area contributed by atoms with Crippen LogP contribution in [0.3, 0.4) is 0 Å². The van der Waals surface area contributed by atoms with Crippen molar-refractivity contribution in [2.24, 2.45) is 15.4 Å². The van der Waals surface area contributed by atoms with E-state index in [-0.39, 0.29) is 24.2 Å². The van der Waals surface area contributed by atoms with E-state index in [1.54, 1.807) is 20.3 Å². The Morgan fingerprint density at radius 2 is 2.14 bits per heavy atom. The number of nitrogens with zero attached hydrogens (tertiary/aromatic N) is 5. The largest absolute Gasteiger partial charge is 0.393 e. The van der Waals surface area contributed by atoms with Crippen LogP contribution in [0, 0.1) is 5.41 Å². The van der Waals surface area contributed by atoms with E-state index in [0.717, 1.165) is 24.8 Å². The molecule has 2 fully saturated rings. The first-order valence-corrected chi connectivity index (χ1v) is 9.51. The molecule has 2 aliphatic carbocycles. The number of fused-ring (bicyclic) bond motifs is 1. The van der Waals surface area contributed by atoms with Crippen molar-refractivity contribution in [3.63, 3.8) is 0 Å². The fourth-order valence-corrected chi connectivity index (χ4v) is 3.57. The van der Waals surface area contributed by atoms with E-state index in [1.807, 2.05) is 0 Å². The number of hydrogen-bond donors (Lipinski definition) is 4. The van der Waals surface area contributed by atoms with Gasteiger partial charge in [0.2, 0.25) is 5.95 Å². The van der Waals surface area contributed by atoms with Gasteiger partial charge in [0, 0.05) is 43.8 Å². The zero-order valence-corrected chi connectivity index (χ0v) is 16.4. The molecule has 0 saturated heterocycles. The molecule has 0 radical (unpaired) electrons. The Hall–Kier alpha value is -2.69. The van der Waals surface area contributed by atoms with Gasteiger partial charge in [-0.1, -0.05) is 0 Å². The predicted molar refractivity (Wildman–Crippen MR) is 106 cm³/mol. The maximum Gasteiger partial charge on any atom is 0.393 e. The number of rotatable bonds is 2. The van der Waals surface area contributed by atoms with Gasteiger partial charge in [-0.25, -0.2) is 28.6 Å². The molecule has 1 unspecified atom stereocenters. The average Bonchev–Trinajstić information content (AvgIpc) is 3.40. The van der Waals surface area contributed by atoms with Crippen molar-refractivity contribution in [2.45, 2.75) is 50.3 Å². The number of aliphatic imine (C=N–C) groups is 2. The number of alkyl halides is 2. The van der Waals surface area contributed by atoms with Gasteiger partial charge < -0.3 is 10.4 Å². The quantitative estimate of drug-likeness (QED) is 0.331. The number of aliphatic hydroxyl groups is 1. The minimum absolute atomic E-state index is 0.0781. The third-order valence-electron chi connectivity index (χ3n) is 5.57. The van der Waals surface area contributed by atoms with Crippen molar-refractivity contribution >= 4 is 30.4 Å². The Bertz CT molecular complexity index is 888. The van der Waals surface area contributed by atoms with Crippen molar-refractivity contribution < 1.29 is 18.5 Å². The highest BCUT2D eigenvalue weighted by molar-refractivity contribution is 6.02. The molecule has 4 N–H and O–H groups in total. The Morgan fingerprint density at radius 1 is 1.41 bits per heavy atom. The van der Waals surface area contributed by atoms with E-state index < -0.39 is 18.2 Å². The molecule has 1 spiro atoms. The molecule has 1 atom stereocenters. The molecule has 11 heteroatoms. The SMILES string of the molecule is C=[N+](C)C(=NC1CC(F)(F)C1)NC(=NC)Nc1ncc2c(n1)NC(O)C1(CC1)C2. The lowest BCUT2D eigenvalue weighted by atomic mass is 9.89. The fourth-order valence-electron chi connectivity index (χ4n) is 3.57. The second-order valence-electron chi connectivity index (χ2n) is 8.04. The Kier molecular flexibility index (Phi) is 4.72. The molecule has 2 heterocycles. The van der Waals surface area contributed by atoms with Gasteiger partial charge in [0.1, 0.15) is 18.1 Å². The van der Waals surface area contributed by atoms with Gasteiger partial charge in [0.25, 0.3) is 11.9 Å². The van der Waals surface area contributed by atoms with Crippen LogP contribution < -0.4 is 16.0 Å². The summed E-state index contributed by atoms with van der Waals surface area (Å²) in [5.41, 5.74) is 0.887. The lowest BCUT2D eigenvalue weighted by Crippen LogP contribution is -2.45. The molecule has 156 valence electrons. The summed E-state index contributed by atoms with van der Waals surface area (Å²) in [4.78, 5) is 17.1. The lowest BCUT2D eigenvalue weighted by Gasteiger charge is -2.30. The van der Waals surface area contributed by atoms with Crippen LogP contribution >= 0.6 is 0 Å². The Labute approximate surface area is 167 Å². The van der Waals surface area contributed by atoms with Crippen molar-refractivity contribution in [3.05, 3.63) is 11.8 Å². The molecule has 4 rings (SSSR count). The summed E-state index contributed by atoms with van der Waals surface area (Å²) in [6.45, 7) is 3.77. The van der Waals surface area contributed by atoms with Crippen LogP contribution in [0.2, 0.25) is 0 Å². The summed E-state index contributed by atoms with van der Waals surface area (Å²) in [6.07, 6.45) is 3.29. The third-order valence-corrected chi connectivity index (χ3v) is 5.57. The summed E-state index contributed by atoms with van der Waals surface area (Å²) >= 11 is 0. The van der Waals surface area contributed by atoms with Crippen LogP contribution in [0.25, 0.3) is 0 Å². The molecular weight excluding hydrogens is 382 g/mol. The van der Waals surface area contributed by atoms with Gasteiger partial charge in [-0.05, 0) is 19.3 Å². The second-order valence-corrected chi connectivity index (χ2v) is 8.04. The minimum Gasteiger partial charge on any atom is -0.373 e. The summed E-state index contributed by atoms with van der Waals surface area (Å²) in [5.74, 6) is -1.18. The number of nitrogens with one attached hydrogen (secondary N) is 3. The van der Waals surface area contributed by atoms with Crippen LogP contribution in [0.5, 0.6) is 0 Å². The van der Waals surface area contributed by atoms with Gasteiger partial charge in [-0.15, -0.1) is 4.99 Å². The molecule has 1 aliphatic heterocycles. The molecule has 9 nitrogen and oxygen atoms in total. The van der Waals surface area contributed by atoms with Crippen LogP contribution in [-0.4, -0.2) is 70.6 Å². The highest BCUT2D eigenvalue weighted by atomic mass is 19.3. The number of aromatic nitrogens is 2. The second kappa shape index (κ2) is 6.97. The molecule has 0 aromatic carbocycles. The highest BCUT2D eigenvalue weighted by Gasteiger charge is 2.52. The van der Waals surface area contributed by atoms with Crippen molar-refractivity contribution in [1.82, 2.24) is 15.3 Å². The van der Waals surface area contributed by atoms with Crippen LogP contribution in [0.4, 0.5) is 20.5 Å². The van der Waals surface area contributed by atoms with Gasteiger partial charge in [-0.2, -0.15) is 4.98 Å². The predicted octanol–water partition coefficient (Wildman–Crippen LogP) is 1.03. The van der Waals surface area contributed by atoms with Crippen molar-refractivity contribution in [2.75, 3.05) is 24.7 Å². The zero-order valence-electron chi connectivity index (χ0n) is 16.4. The number of hydrogen-bond acceptors (Lipinski definition) is 6. The van der Waals surface area contributed by atoms with Gasteiger partial charge in [-0.3, -0.25) is 5.32 Å². The van der Waals surface area contributed by atoms with Crippen LogP contribution in [0.1, 0.15) is 31.2 Å². The first-order valence-electron chi connectivity index (χ1n) is 9.51. The standard InChI is InChI=1S/C18H25F2N8O/c1-21-14(27-16(28(2)3)23-11-7-18(19,20)8-11)26-15-22-9-10-6-17(4-5-17)13(29)24-12(10)25-15/h9,11,13,29H,2,4-8H2,1,3H3,(H3,21,22,23,24,25,26,27)/q+1. The monoisotopic (exact) mass is 407 g/mol. The zero-order chi connectivity index (χ0) is 20.8. The molecule has 29 heavy (non-hydrogen) atoms. The molecule has 0 bridgehead atoms. The average molecular weight is 407 g/mol. The maximum atomic E-state index is 13.1. The summed E-state index contributed by atoms with van der Waals surface area (Å²) in [7, 11) is 3.22. The van der Waals surface area contributed by atoms with E-state index in [2.05, 4.69) is 42.6 Å². The van der Waals surface area contributed by atoms with Crippen molar-refractivity contribution in [1.29, 1.82) is 0 Å². The number of halogens is 2. The van der Waals surface area contributed by atoms with E-state index >= 15 is 0 Å². The minimum atomic E-state index is -2.65. The molecule has 3 aliphatic rings. The molecule has 1 aromatic heterocycles. The first kappa shape index (κ1) is 19.6. The van der Waals surface area contributed by atoms with E-state index in [9.17, 15) is 13.9 Å². The lowest BCUT2D eigenvalue weighted by molar-refractivity contribution is -0.365. The maximum absolute atomic E-state index is 13.1. The van der Waals surface area contributed by atoms with Crippen LogP contribution in [0.15, 0.2) is 16.2 Å². The smallest absolute Gasteiger partial charge is 0.373 e. The Morgan fingerprint density at radius 3 is 2.72 bits per heavy atom. The summed E-state index contributed by atoms with van der Waals surface area (Å²) in [6, 6.07) is -0.463. The molecule has 0 amide bonds. The van der Waals surface area contributed by atoms with Gasteiger partial charge in [0.15, 0.2) is 0 Å². The molecular formula is C18H25F2N8O+. The van der Waals surface area contributed by atoms with Gasteiger partial charge in [0.05, 0.1) is 7.05 Å². The fraction of sp³-hybridized carbons (Fsp3) is 0.611. The van der Waals surface area contributed by atoms with Crippen LogP contribution in [-0.2, 0) is 6.42 Å². The topological polar surface area (TPSA) is 110 Å². The van der Waals surface area contributed by atoms with Gasteiger partial charge >= 0.3 is 5.96 Å². The number of guanidine groups is 2. The van der Waals surface area contributed by atoms with E-state index in [4.69, 9.17) is 0 Å². The van der Waals surface area contributed by atoms with E-state index in [1.165, 1.54) is 4.58 Å². The summed E-state index contributed by atoms with van der Waals surface area (Å²) in [5, 5.41) is 19.2. The van der Waals surface area contributed by atoms with Crippen molar-refractivity contribution in [3.8, 4) is 0 Å². The summed E-state index contributed by atoms with van der Waals surface area (Å²) < 4.78 is 27.6. The first-order chi connectivity index (χ1) is 13.7. The number of anilines is 2. The Balaban J connectivity index is 1.44. The van der Waals surface area contributed by atoms with E-state index in [0.29, 0.717) is 17.7 Å².